The van der Waals surface area contributed by atoms with Gasteiger partial charge in [-0.05, 0) is 48.2 Å². The monoisotopic (exact) mass is 409 g/mol. The summed E-state index contributed by atoms with van der Waals surface area (Å²) in [5, 5.41) is 10.9. The second-order valence-corrected chi connectivity index (χ2v) is 7.49. The zero-order valence-electron chi connectivity index (χ0n) is 15.9. The molecule has 30 heavy (non-hydrogen) atoms. The van der Waals surface area contributed by atoms with Gasteiger partial charge in [0.05, 0.1) is 29.8 Å². The van der Waals surface area contributed by atoms with E-state index >= 15 is 0 Å². The van der Waals surface area contributed by atoms with Crippen LogP contribution in [0.25, 0.3) is 16.7 Å². The Balaban J connectivity index is 1.56. The van der Waals surface area contributed by atoms with Crippen molar-refractivity contribution in [1.29, 1.82) is 0 Å². The molecule has 0 amide bonds. The number of para-hydroxylation sites is 2. The molecule has 1 unspecified atom stereocenters. The van der Waals surface area contributed by atoms with Gasteiger partial charge in [-0.2, -0.15) is 0 Å². The molecule has 1 aliphatic heterocycles. The highest BCUT2D eigenvalue weighted by Gasteiger charge is 2.41. The highest BCUT2D eigenvalue weighted by atomic mass is 19.1. The Hall–Kier alpha value is -3.95. The van der Waals surface area contributed by atoms with E-state index in [0.717, 1.165) is 0 Å². The standard InChI is InChI=1S/C20H16FN5O4/c1-20(11-23-10-17(26(28)29)22-18(23)30-20)12-24-15-4-2-3-5-16(15)25(19(24)27)14-8-6-13(21)7-9-14/h2-10H,11-12H2,1H3. The molecule has 0 aliphatic carbocycles. The van der Waals surface area contributed by atoms with E-state index in [2.05, 4.69) is 4.98 Å². The number of hydrogen-bond acceptors (Lipinski definition) is 5. The summed E-state index contributed by atoms with van der Waals surface area (Å²) in [6.07, 6.45) is 1.32. The van der Waals surface area contributed by atoms with Crippen molar-refractivity contribution in [1.82, 2.24) is 18.7 Å². The van der Waals surface area contributed by atoms with Gasteiger partial charge in [0.1, 0.15) is 17.6 Å². The molecule has 2 aromatic heterocycles. The summed E-state index contributed by atoms with van der Waals surface area (Å²) in [6.45, 7) is 2.34. The van der Waals surface area contributed by atoms with Crippen LogP contribution in [0.4, 0.5) is 10.2 Å². The third kappa shape index (κ3) is 2.76. The van der Waals surface area contributed by atoms with Crippen molar-refractivity contribution in [3.05, 3.63) is 81.1 Å². The van der Waals surface area contributed by atoms with Gasteiger partial charge in [-0.25, -0.2) is 9.18 Å². The maximum Gasteiger partial charge on any atom is 0.415 e. The molecule has 0 spiro atoms. The summed E-state index contributed by atoms with van der Waals surface area (Å²) >= 11 is 0. The first-order valence-electron chi connectivity index (χ1n) is 9.21. The number of ether oxygens (including phenoxy) is 1. The van der Waals surface area contributed by atoms with Gasteiger partial charge in [0.25, 0.3) is 0 Å². The smallest absolute Gasteiger partial charge is 0.415 e. The number of aromatic nitrogens is 4. The molecule has 0 N–H and O–H groups in total. The molecule has 2 aromatic carbocycles. The molecule has 0 fully saturated rings. The average molecular weight is 409 g/mol. The largest absolute Gasteiger partial charge is 0.436 e. The van der Waals surface area contributed by atoms with Crippen molar-refractivity contribution in [3.63, 3.8) is 0 Å². The van der Waals surface area contributed by atoms with Crippen molar-refractivity contribution in [2.75, 3.05) is 0 Å². The van der Waals surface area contributed by atoms with Gasteiger partial charge >= 0.3 is 17.5 Å². The van der Waals surface area contributed by atoms with Crippen molar-refractivity contribution in [2.24, 2.45) is 0 Å². The van der Waals surface area contributed by atoms with E-state index in [1.165, 1.54) is 22.9 Å². The van der Waals surface area contributed by atoms with E-state index in [0.29, 0.717) is 23.3 Å². The van der Waals surface area contributed by atoms with Gasteiger partial charge in [0.2, 0.25) is 0 Å². The topological polar surface area (TPSA) is 97.1 Å². The molecule has 0 radical (unpaired) electrons. The van der Waals surface area contributed by atoms with E-state index in [9.17, 15) is 19.3 Å². The lowest BCUT2D eigenvalue weighted by Crippen LogP contribution is -2.40. The lowest BCUT2D eigenvalue weighted by molar-refractivity contribution is -0.389. The highest BCUT2D eigenvalue weighted by Crippen LogP contribution is 2.32. The summed E-state index contributed by atoms with van der Waals surface area (Å²) in [5.41, 5.74) is 0.829. The first-order valence-corrected chi connectivity index (χ1v) is 9.21. The van der Waals surface area contributed by atoms with Gasteiger partial charge < -0.3 is 14.9 Å². The van der Waals surface area contributed by atoms with Gasteiger partial charge in [-0.1, -0.05) is 12.1 Å². The fourth-order valence-electron chi connectivity index (χ4n) is 3.90. The van der Waals surface area contributed by atoms with Crippen LogP contribution in [0, 0.1) is 15.9 Å². The maximum absolute atomic E-state index is 13.4. The van der Waals surface area contributed by atoms with Crippen LogP contribution in [-0.2, 0) is 13.1 Å². The molecular formula is C20H16FN5O4. The zero-order chi connectivity index (χ0) is 21.0. The molecule has 152 valence electrons. The zero-order valence-corrected chi connectivity index (χ0v) is 15.9. The minimum absolute atomic E-state index is 0.152. The van der Waals surface area contributed by atoms with E-state index in [4.69, 9.17) is 4.74 Å². The van der Waals surface area contributed by atoms with Crippen LogP contribution in [0.1, 0.15) is 6.92 Å². The predicted molar refractivity (Wildman–Crippen MR) is 105 cm³/mol. The predicted octanol–water partition coefficient (Wildman–Crippen LogP) is 2.89. The molecule has 9 nitrogen and oxygen atoms in total. The highest BCUT2D eigenvalue weighted by molar-refractivity contribution is 5.78. The Bertz CT molecular complexity index is 1330. The molecule has 0 bridgehead atoms. The van der Waals surface area contributed by atoms with Gasteiger partial charge in [-0.3, -0.25) is 13.7 Å². The van der Waals surface area contributed by atoms with Gasteiger partial charge in [0.15, 0.2) is 0 Å². The Morgan fingerprint density at radius 2 is 1.90 bits per heavy atom. The van der Waals surface area contributed by atoms with Crippen molar-refractivity contribution >= 4 is 16.9 Å². The van der Waals surface area contributed by atoms with Crippen molar-refractivity contribution in [2.45, 2.75) is 25.6 Å². The molecule has 4 aromatic rings. The van der Waals surface area contributed by atoms with E-state index in [-0.39, 0.29) is 29.9 Å². The molecular weight excluding hydrogens is 393 g/mol. The van der Waals surface area contributed by atoms with E-state index in [1.54, 1.807) is 21.3 Å². The quantitative estimate of drug-likeness (QED) is 0.381. The molecule has 0 saturated heterocycles. The van der Waals surface area contributed by atoms with Crippen LogP contribution in [0.5, 0.6) is 6.01 Å². The van der Waals surface area contributed by atoms with E-state index in [1.807, 2.05) is 31.2 Å². The second-order valence-electron chi connectivity index (χ2n) is 7.49. The van der Waals surface area contributed by atoms with Crippen LogP contribution < -0.4 is 10.4 Å². The molecule has 1 aliphatic rings. The minimum atomic E-state index is -0.820. The summed E-state index contributed by atoms with van der Waals surface area (Å²) < 4.78 is 23.9. The normalized spacial score (nSPS) is 17.8. The third-order valence-corrected chi connectivity index (χ3v) is 5.17. The van der Waals surface area contributed by atoms with Gasteiger partial charge in [-0.15, -0.1) is 0 Å². The van der Waals surface area contributed by atoms with Gasteiger partial charge in [0, 0.05) is 4.98 Å². The van der Waals surface area contributed by atoms with Crippen molar-refractivity contribution < 1.29 is 14.1 Å². The number of hydrogen-bond donors (Lipinski definition) is 0. The number of imidazole rings is 2. The number of nitro groups is 1. The maximum atomic E-state index is 13.4. The number of fused-ring (bicyclic) bond motifs is 2. The SMILES string of the molecule is CC1(Cn2c(=O)n(-c3ccc(F)cc3)c3ccccc32)Cn2cc([N+](=O)[O-])nc2O1. The Morgan fingerprint density at radius 1 is 1.20 bits per heavy atom. The fourth-order valence-corrected chi connectivity index (χ4v) is 3.90. The van der Waals surface area contributed by atoms with Crippen LogP contribution >= 0.6 is 0 Å². The minimum Gasteiger partial charge on any atom is -0.436 e. The van der Waals surface area contributed by atoms with E-state index < -0.39 is 10.5 Å². The molecule has 5 rings (SSSR count). The molecule has 3 heterocycles. The molecule has 0 saturated carbocycles. The first-order chi connectivity index (χ1) is 14.3. The molecule has 10 heteroatoms. The summed E-state index contributed by atoms with van der Waals surface area (Å²) in [5.74, 6) is -0.664. The Labute approximate surface area is 168 Å². The Morgan fingerprint density at radius 3 is 2.57 bits per heavy atom. The number of rotatable bonds is 4. The lowest BCUT2D eigenvalue weighted by atomic mass is 10.1. The fraction of sp³-hybridized carbons (Fsp3) is 0.200. The summed E-state index contributed by atoms with van der Waals surface area (Å²) in [4.78, 5) is 27.5. The molecule has 1 atom stereocenters. The van der Waals surface area contributed by atoms with Crippen molar-refractivity contribution in [3.8, 4) is 11.7 Å². The average Bonchev–Trinajstić information content (AvgIpc) is 3.32. The number of nitrogens with zero attached hydrogens (tertiary/aromatic N) is 5. The van der Waals surface area contributed by atoms with Crippen LogP contribution in [-0.4, -0.2) is 29.2 Å². The third-order valence-electron chi connectivity index (χ3n) is 5.17. The summed E-state index contributed by atoms with van der Waals surface area (Å²) in [6, 6.07) is 13.2. The second kappa shape index (κ2) is 6.28. The lowest BCUT2D eigenvalue weighted by Gasteiger charge is -2.22. The van der Waals surface area contributed by atoms with Crippen LogP contribution in [0.15, 0.2) is 59.5 Å². The number of halogens is 1. The summed E-state index contributed by atoms with van der Waals surface area (Å²) in [7, 11) is 0. The van der Waals surface area contributed by atoms with Crippen LogP contribution in [0.3, 0.4) is 0 Å². The Kier molecular flexibility index (Phi) is 3.79. The first kappa shape index (κ1) is 18.1. The number of benzene rings is 2. The van der Waals surface area contributed by atoms with Crippen LogP contribution in [0.2, 0.25) is 0 Å².